The van der Waals surface area contributed by atoms with E-state index >= 15 is 0 Å². The molecule has 1 amide bonds. The monoisotopic (exact) mass is 426 g/mol. The number of likely N-dealkylation sites (N-methyl/N-ethyl adjacent to an activating group) is 1. The Bertz CT molecular complexity index is 672. The first kappa shape index (κ1) is 20.2. The lowest BCUT2D eigenvalue weighted by Crippen LogP contribution is -2.63. The number of nitrogens with zero attached hydrogens (tertiary/aromatic N) is 5. The molecule has 1 atom stereocenters. The molecule has 0 radical (unpaired) electrons. The first-order valence-electron chi connectivity index (χ1n) is 8.27. The number of alkyl halides is 1. The number of tetrazole rings is 1. The van der Waals surface area contributed by atoms with Gasteiger partial charge in [-0.3, -0.25) is 9.80 Å². The molecule has 142 valence electrons. The Morgan fingerprint density at radius 2 is 2.08 bits per heavy atom. The van der Waals surface area contributed by atoms with Crippen LogP contribution in [0.3, 0.4) is 0 Å². The third-order valence-corrected chi connectivity index (χ3v) is 4.89. The van der Waals surface area contributed by atoms with Gasteiger partial charge in [-0.1, -0.05) is 41.4 Å². The van der Waals surface area contributed by atoms with Crippen LogP contribution in [0.5, 0.6) is 0 Å². The van der Waals surface area contributed by atoms with Crippen molar-refractivity contribution in [2.75, 3.05) is 7.05 Å². The van der Waals surface area contributed by atoms with E-state index in [4.69, 9.17) is 0 Å². The van der Waals surface area contributed by atoms with E-state index in [1.54, 1.807) is 24.1 Å². The zero-order valence-electron chi connectivity index (χ0n) is 15.0. The molecule has 0 unspecified atom stereocenters. The standard InChI is InChI=1S/C16H23BrN6O3/c1-4-5-12(11-24)23(14(25)26)16(8-6-15(2,17)7-9-16)22(3)10-13-18-20-21-19-13/h6-9,11-12H,4-5,10H2,1-3H3,(H,25,26)(H,18,19,20,21)/t12-,15?,16?/m0/s1. The number of hydrogen-bond acceptors (Lipinski definition) is 6. The molecular weight excluding hydrogens is 404 g/mol. The molecule has 0 aliphatic heterocycles. The first-order valence-corrected chi connectivity index (χ1v) is 9.06. The highest BCUT2D eigenvalue weighted by Gasteiger charge is 2.45. The molecular formula is C16H23BrN6O3. The Morgan fingerprint density at radius 1 is 1.42 bits per heavy atom. The molecule has 1 heterocycles. The van der Waals surface area contributed by atoms with Crippen LogP contribution in [0.15, 0.2) is 24.3 Å². The molecule has 10 heteroatoms. The molecule has 1 aliphatic carbocycles. The fraction of sp³-hybridized carbons (Fsp3) is 0.562. The molecule has 1 aliphatic rings. The summed E-state index contributed by atoms with van der Waals surface area (Å²) in [5.74, 6) is 0.490. The second-order valence-corrected chi connectivity index (χ2v) is 8.16. The number of H-pyrrole nitrogens is 1. The van der Waals surface area contributed by atoms with Crippen LogP contribution in [0.4, 0.5) is 4.79 Å². The number of carboxylic acid groups (broad SMARTS) is 1. The van der Waals surface area contributed by atoms with Gasteiger partial charge in [0.2, 0.25) is 0 Å². The van der Waals surface area contributed by atoms with Crippen LogP contribution in [0.2, 0.25) is 0 Å². The van der Waals surface area contributed by atoms with Crippen LogP contribution in [-0.4, -0.2) is 71.0 Å². The fourth-order valence-corrected chi connectivity index (χ4v) is 3.26. The number of aromatic amines is 1. The summed E-state index contributed by atoms with van der Waals surface area (Å²) < 4.78 is -0.392. The van der Waals surface area contributed by atoms with Gasteiger partial charge in [-0.05, 0) is 43.0 Å². The highest BCUT2D eigenvalue weighted by Crippen LogP contribution is 2.36. The van der Waals surface area contributed by atoms with Gasteiger partial charge < -0.3 is 9.90 Å². The number of halogens is 1. The summed E-state index contributed by atoms with van der Waals surface area (Å²) in [6.07, 6.45) is 7.93. The molecule has 26 heavy (non-hydrogen) atoms. The van der Waals surface area contributed by atoms with Crippen LogP contribution in [0, 0.1) is 0 Å². The first-order chi connectivity index (χ1) is 12.3. The summed E-state index contributed by atoms with van der Waals surface area (Å²) in [5.41, 5.74) is -1.15. The van der Waals surface area contributed by atoms with E-state index in [-0.39, 0.29) is 6.54 Å². The van der Waals surface area contributed by atoms with E-state index in [1.807, 2.05) is 26.0 Å². The lowest BCUT2D eigenvalue weighted by molar-refractivity contribution is -0.115. The van der Waals surface area contributed by atoms with Crippen molar-refractivity contribution in [3.8, 4) is 0 Å². The molecule has 0 spiro atoms. The summed E-state index contributed by atoms with van der Waals surface area (Å²) in [6, 6.07) is -0.776. The van der Waals surface area contributed by atoms with Crippen molar-refractivity contribution in [3.63, 3.8) is 0 Å². The maximum absolute atomic E-state index is 12.2. The van der Waals surface area contributed by atoms with Crippen molar-refractivity contribution in [1.29, 1.82) is 0 Å². The molecule has 0 bridgehead atoms. The quantitative estimate of drug-likeness (QED) is 0.282. The van der Waals surface area contributed by atoms with E-state index in [9.17, 15) is 14.7 Å². The van der Waals surface area contributed by atoms with Crippen LogP contribution in [-0.2, 0) is 11.3 Å². The number of aldehydes is 1. The smallest absolute Gasteiger partial charge is 0.409 e. The van der Waals surface area contributed by atoms with Crippen molar-refractivity contribution >= 4 is 28.3 Å². The molecule has 0 saturated heterocycles. The van der Waals surface area contributed by atoms with Gasteiger partial charge in [0, 0.05) is 0 Å². The average molecular weight is 427 g/mol. The molecule has 0 saturated carbocycles. The summed E-state index contributed by atoms with van der Waals surface area (Å²) in [6.45, 7) is 4.12. The number of hydrogen-bond donors (Lipinski definition) is 2. The number of carbonyl (C=O) groups excluding carboxylic acids is 1. The van der Waals surface area contributed by atoms with Crippen LogP contribution in [0.25, 0.3) is 0 Å². The number of rotatable bonds is 8. The number of aromatic nitrogens is 4. The molecule has 1 aromatic heterocycles. The molecule has 0 aromatic carbocycles. The minimum Gasteiger partial charge on any atom is -0.465 e. The Morgan fingerprint density at radius 3 is 2.54 bits per heavy atom. The topological polar surface area (TPSA) is 115 Å². The van der Waals surface area contributed by atoms with Gasteiger partial charge in [0.25, 0.3) is 0 Å². The molecule has 1 aromatic rings. The van der Waals surface area contributed by atoms with Gasteiger partial charge >= 0.3 is 6.09 Å². The normalized spacial score (nSPS) is 26.0. The number of allylic oxidation sites excluding steroid dienone is 2. The van der Waals surface area contributed by atoms with E-state index in [0.29, 0.717) is 25.0 Å². The van der Waals surface area contributed by atoms with E-state index in [2.05, 4.69) is 36.6 Å². The maximum Gasteiger partial charge on any atom is 0.409 e. The lowest BCUT2D eigenvalue weighted by atomic mass is 9.92. The van der Waals surface area contributed by atoms with Crippen LogP contribution in [0.1, 0.15) is 32.5 Å². The third-order valence-electron chi connectivity index (χ3n) is 4.36. The SMILES string of the molecule is CCC[C@@H](C=O)N(C(=O)O)C1(N(C)Cc2nnn[nH]2)C=CC(C)(Br)C=C1. The fourth-order valence-electron chi connectivity index (χ4n) is 2.99. The van der Waals surface area contributed by atoms with Crippen molar-refractivity contribution in [2.24, 2.45) is 0 Å². The molecule has 2 rings (SSSR count). The maximum atomic E-state index is 12.2. The van der Waals surface area contributed by atoms with Gasteiger partial charge in [0.05, 0.1) is 16.9 Å². The zero-order valence-corrected chi connectivity index (χ0v) is 16.5. The lowest BCUT2D eigenvalue weighted by Gasteiger charge is -2.48. The highest BCUT2D eigenvalue weighted by molar-refractivity contribution is 9.10. The van der Waals surface area contributed by atoms with Crippen molar-refractivity contribution in [1.82, 2.24) is 30.4 Å². The molecule has 2 N–H and O–H groups in total. The average Bonchev–Trinajstić information content (AvgIpc) is 3.08. The van der Waals surface area contributed by atoms with Gasteiger partial charge in [-0.15, -0.1) is 5.10 Å². The van der Waals surface area contributed by atoms with Crippen LogP contribution >= 0.6 is 15.9 Å². The van der Waals surface area contributed by atoms with Gasteiger partial charge in [-0.2, -0.15) is 0 Å². The van der Waals surface area contributed by atoms with Gasteiger partial charge in [0.15, 0.2) is 5.82 Å². The Balaban J connectivity index is 2.49. The Labute approximate surface area is 160 Å². The van der Waals surface area contributed by atoms with E-state index in [1.165, 1.54) is 4.90 Å². The summed E-state index contributed by atoms with van der Waals surface area (Å²) >= 11 is 3.56. The second-order valence-electron chi connectivity index (χ2n) is 6.45. The molecule has 0 fully saturated rings. The number of carbonyl (C=O) groups is 2. The highest BCUT2D eigenvalue weighted by atomic mass is 79.9. The largest absolute Gasteiger partial charge is 0.465 e. The number of nitrogens with one attached hydrogen (secondary N) is 1. The third kappa shape index (κ3) is 4.18. The Kier molecular flexibility index (Phi) is 6.30. The van der Waals surface area contributed by atoms with Crippen molar-refractivity contribution in [2.45, 2.75) is 49.3 Å². The van der Waals surface area contributed by atoms with E-state index < -0.39 is 22.1 Å². The van der Waals surface area contributed by atoms with Gasteiger partial charge in [-0.25, -0.2) is 9.89 Å². The summed E-state index contributed by atoms with van der Waals surface area (Å²) in [4.78, 5) is 26.8. The molecule has 9 nitrogen and oxygen atoms in total. The predicted molar refractivity (Wildman–Crippen MR) is 98.6 cm³/mol. The second kappa shape index (κ2) is 8.09. The van der Waals surface area contributed by atoms with Gasteiger partial charge in [0.1, 0.15) is 11.9 Å². The van der Waals surface area contributed by atoms with Crippen LogP contribution < -0.4 is 0 Å². The zero-order chi connectivity index (χ0) is 19.4. The summed E-state index contributed by atoms with van der Waals surface area (Å²) in [5, 5.41) is 23.6. The Hall–Kier alpha value is -2.07. The minimum absolute atomic E-state index is 0.266. The minimum atomic E-state index is -1.18. The predicted octanol–water partition coefficient (Wildman–Crippen LogP) is 1.95. The summed E-state index contributed by atoms with van der Waals surface area (Å²) in [7, 11) is 1.76. The number of amides is 1. The van der Waals surface area contributed by atoms with Crippen molar-refractivity contribution < 1.29 is 14.7 Å². The van der Waals surface area contributed by atoms with E-state index in [0.717, 1.165) is 0 Å². The van der Waals surface area contributed by atoms with Crippen molar-refractivity contribution in [3.05, 3.63) is 30.1 Å².